The van der Waals surface area contributed by atoms with Gasteiger partial charge in [0.25, 0.3) is 0 Å². The molecule has 0 atom stereocenters. The number of methoxy groups -OCH3 is 1. The van der Waals surface area contributed by atoms with Gasteiger partial charge >= 0.3 is 0 Å². The van der Waals surface area contributed by atoms with Gasteiger partial charge in [-0.15, -0.1) is 11.6 Å². The van der Waals surface area contributed by atoms with Gasteiger partial charge in [-0.1, -0.05) is 13.8 Å². The Morgan fingerprint density at radius 2 is 2.12 bits per heavy atom. The van der Waals surface area contributed by atoms with Crippen molar-refractivity contribution >= 4 is 17.4 Å². The minimum absolute atomic E-state index is 0.108. The van der Waals surface area contributed by atoms with E-state index in [4.69, 9.17) is 16.3 Å². The van der Waals surface area contributed by atoms with E-state index < -0.39 is 0 Å². The number of ether oxygens (including phenoxy) is 1. The standard InChI is InChI=1S/C12H19ClN2O/c1-4-12(5-2,9-13)15-11-10(16-3)7-6-8-14-11/h6-8H,4-5,9H2,1-3H3,(H,14,15). The topological polar surface area (TPSA) is 34.2 Å². The number of halogens is 1. The van der Waals surface area contributed by atoms with Crippen molar-refractivity contribution in [1.29, 1.82) is 0 Å². The number of hydrogen-bond donors (Lipinski definition) is 1. The predicted molar refractivity (Wildman–Crippen MR) is 68.4 cm³/mol. The molecule has 0 aromatic carbocycles. The normalized spacial score (nSPS) is 11.2. The van der Waals surface area contributed by atoms with Crippen LogP contribution in [0.2, 0.25) is 0 Å². The number of pyridine rings is 1. The van der Waals surface area contributed by atoms with Crippen LogP contribution < -0.4 is 10.1 Å². The van der Waals surface area contributed by atoms with Crippen molar-refractivity contribution in [3.05, 3.63) is 18.3 Å². The Balaban J connectivity index is 2.93. The lowest BCUT2D eigenvalue weighted by Crippen LogP contribution is -2.39. The van der Waals surface area contributed by atoms with E-state index in [9.17, 15) is 0 Å². The first-order valence-corrected chi connectivity index (χ1v) is 6.08. The largest absolute Gasteiger partial charge is 0.493 e. The third-order valence-corrected chi connectivity index (χ3v) is 3.50. The second kappa shape index (κ2) is 5.94. The highest BCUT2D eigenvalue weighted by Gasteiger charge is 2.26. The summed E-state index contributed by atoms with van der Waals surface area (Å²) in [5.41, 5.74) is -0.108. The fourth-order valence-electron chi connectivity index (χ4n) is 1.55. The van der Waals surface area contributed by atoms with Gasteiger partial charge in [-0.2, -0.15) is 0 Å². The maximum atomic E-state index is 6.04. The summed E-state index contributed by atoms with van der Waals surface area (Å²) >= 11 is 6.04. The van der Waals surface area contributed by atoms with E-state index in [1.54, 1.807) is 13.3 Å². The average Bonchev–Trinajstić information content (AvgIpc) is 2.36. The molecule has 0 saturated carbocycles. The Bertz CT molecular complexity index is 318. The van der Waals surface area contributed by atoms with Crippen LogP contribution in [-0.4, -0.2) is 23.5 Å². The van der Waals surface area contributed by atoms with Crippen molar-refractivity contribution in [3.63, 3.8) is 0 Å². The van der Waals surface area contributed by atoms with E-state index in [0.29, 0.717) is 5.88 Å². The van der Waals surface area contributed by atoms with Crippen LogP contribution >= 0.6 is 11.6 Å². The maximum Gasteiger partial charge on any atom is 0.169 e. The molecule has 0 bridgehead atoms. The van der Waals surface area contributed by atoms with E-state index in [1.807, 2.05) is 12.1 Å². The Labute approximate surface area is 102 Å². The number of anilines is 1. The molecular weight excluding hydrogens is 224 g/mol. The van der Waals surface area contributed by atoms with Gasteiger partial charge in [-0.3, -0.25) is 0 Å². The summed E-state index contributed by atoms with van der Waals surface area (Å²) < 4.78 is 5.26. The van der Waals surface area contributed by atoms with Crippen LogP contribution in [0.3, 0.4) is 0 Å². The van der Waals surface area contributed by atoms with E-state index in [2.05, 4.69) is 24.1 Å². The molecule has 1 heterocycles. The zero-order chi connectivity index (χ0) is 12.0. The predicted octanol–water partition coefficient (Wildman–Crippen LogP) is 3.30. The van der Waals surface area contributed by atoms with Gasteiger partial charge in [0.1, 0.15) is 0 Å². The molecule has 0 aliphatic rings. The van der Waals surface area contributed by atoms with Gasteiger partial charge in [-0.05, 0) is 25.0 Å². The number of aromatic nitrogens is 1. The van der Waals surface area contributed by atoms with E-state index in [0.717, 1.165) is 24.4 Å². The first kappa shape index (κ1) is 13.1. The van der Waals surface area contributed by atoms with Gasteiger partial charge < -0.3 is 10.1 Å². The van der Waals surface area contributed by atoms with Gasteiger partial charge in [0, 0.05) is 12.1 Å². The zero-order valence-corrected chi connectivity index (χ0v) is 10.8. The molecule has 0 aliphatic heterocycles. The van der Waals surface area contributed by atoms with Crippen LogP contribution in [0.1, 0.15) is 26.7 Å². The zero-order valence-electron chi connectivity index (χ0n) is 10.1. The van der Waals surface area contributed by atoms with Gasteiger partial charge in [0.15, 0.2) is 11.6 Å². The van der Waals surface area contributed by atoms with Crippen molar-refractivity contribution in [3.8, 4) is 5.75 Å². The molecule has 0 amide bonds. The van der Waals surface area contributed by atoms with Crippen molar-refractivity contribution in [2.45, 2.75) is 32.2 Å². The summed E-state index contributed by atoms with van der Waals surface area (Å²) in [5, 5.41) is 3.39. The van der Waals surface area contributed by atoms with Crippen molar-refractivity contribution in [2.75, 3.05) is 18.3 Å². The molecule has 4 heteroatoms. The van der Waals surface area contributed by atoms with E-state index >= 15 is 0 Å². The molecule has 1 rings (SSSR count). The van der Waals surface area contributed by atoms with Crippen molar-refractivity contribution in [2.24, 2.45) is 0 Å². The first-order chi connectivity index (χ1) is 7.71. The molecule has 0 unspecified atom stereocenters. The van der Waals surface area contributed by atoms with Crippen LogP contribution in [0.4, 0.5) is 5.82 Å². The van der Waals surface area contributed by atoms with Gasteiger partial charge in [0.2, 0.25) is 0 Å². The quantitative estimate of drug-likeness (QED) is 0.778. The second-order valence-corrected chi connectivity index (χ2v) is 4.07. The monoisotopic (exact) mass is 242 g/mol. The van der Waals surface area contributed by atoms with Gasteiger partial charge in [0.05, 0.1) is 12.6 Å². The summed E-state index contributed by atoms with van der Waals surface area (Å²) in [6, 6.07) is 3.74. The number of nitrogens with zero attached hydrogens (tertiary/aromatic N) is 1. The molecule has 0 saturated heterocycles. The lowest BCUT2D eigenvalue weighted by molar-refractivity contribution is 0.409. The summed E-state index contributed by atoms with van der Waals surface area (Å²) in [6.07, 6.45) is 3.65. The highest BCUT2D eigenvalue weighted by atomic mass is 35.5. The molecule has 0 fully saturated rings. The Kier molecular flexibility index (Phi) is 4.87. The highest BCUT2D eigenvalue weighted by Crippen LogP contribution is 2.28. The highest BCUT2D eigenvalue weighted by molar-refractivity contribution is 6.18. The minimum Gasteiger partial charge on any atom is -0.493 e. The molecule has 3 nitrogen and oxygen atoms in total. The summed E-state index contributed by atoms with van der Waals surface area (Å²) in [7, 11) is 1.64. The number of rotatable bonds is 6. The van der Waals surface area contributed by atoms with Crippen LogP contribution in [0.25, 0.3) is 0 Å². The molecule has 0 aliphatic carbocycles. The fourth-order valence-corrected chi connectivity index (χ4v) is 1.99. The van der Waals surface area contributed by atoms with E-state index in [1.165, 1.54) is 0 Å². The van der Waals surface area contributed by atoms with Crippen LogP contribution in [-0.2, 0) is 0 Å². The summed E-state index contributed by atoms with van der Waals surface area (Å²) in [6.45, 7) is 4.24. The Hall–Kier alpha value is -0.960. The third-order valence-electron chi connectivity index (χ3n) is 2.98. The maximum absolute atomic E-state index is 6.04. The molecule has 90 valence electrons. The summed E-state index contributed by atoms with van der Waals surface area (Å²) in [5.74, 6) is 2.06. The minimum atomic E-state index is -0.108. The Morgan fingerprint density at radius 1 is 1.44 bits per heavy atom. The van der Waals surface area contributed by atoms with Crippen molar-refractivity contribution < 1.29 is 4.74 Å². The van der Waals surface area contributed by atoms with Crippen molar-refractivity contribution in [1.82, 2.24) is 4.98 Å². The van der Waals surface area contributed by atoms with Crippen LogP contribution in [0, 0.1) is 0 Å². The summed E-state index contributed by atoms with van der Waals surface area (Å²) in [4.78, 5) is 4.28. The van der Waals surface area contributed by atoms with Crippen LogP contribution in [0.15, 0.2) is 18.3 Å². The number of nitrogens with one attached hydrogen (secondary N) is 1. The molecule has 1 N–H and O–H groups in total. The van der Waals surface area contributed by atoms with Gasteiger partial charge in [-0.25, -0.2) is 4.98 Å². The molecule has 1 aromatic heterocycles. The molecule has 16 heavy (non-hydrogen) atoms. The van der Waals surface area contributed by atoms with E-state index in [-0.39, 0.29) is 5.54 Å². The molecular formula is C12H19ClN2O. The molecule has 0 radical (unpaired) electrons. The average molecular weight is 243 g/mol. The first-order valence-electron chi connectivity index (χ1n) is 5.54. The second-order valence-electron chi connectivity index (χ2n) is 3.80. The Morgan fingerprint density at radius 3 is 2.62 bits per heavy atom. The molecule has 0 spiro atoms. The van der Waals surface area contributed by atoms with Crippen LogP contribution in [0.5, 0.6) is 5.75 Å². The SMILES string of the molecule is CCC(CC)(CCl)Nc1ncccc1OC. The lowest BCUT2D eigenvalue weighted by Gasteiger charge is -2.31. The third kappa shape index (κ3) is 2.79. The number of hydrogen-bond acceptors (Lipinski definition) is 3. The number of alkyl halides is 1. The fraction of sp³-hybridized carbons (Fsp3) is 0.583. The lowest BCUT2D eigenvalue weighted by atomic mass is 9.95. The smallest absolute Gasteiger partial charge is 0.169 e. The molecule has 1 aromatic rings.